The molecule has 1 saturated heterocycles. The second kappa shape index (κ2) is 6.37. The summed E-state index contributed by atoms with van der Waals surface area (Å²) >= 11 is 0. The molecule has 0 spiro atoms. The molecule has 1 aromatic carbocycles. The Kier molecular flexibility index (Phi) is 4.13. The van der Waals surface area contributed by atoms with Gasteiger partial charge in [-0.15, -0.1) is 0 Å². The Bertz CT molecular complexity index is 1010. The van der Waals surface area contributed by atoms with E-state index in [1.165, 1.54) is 27.9 Å². The number of amides is 1. The normalized spacial score (nSPS) is 15.2. The minimum Gasteiger partial charge on any atom is -0.335 e. The van der Waals surface area contributed by atoms with Crippen LogP contribution in [0.3, 0.4) is 0 Å². The number of hydrogen-bond acceptors (Lipinski definition) is 3. The number of rotatable bonds is 4. The number of benzene rings is 1. The zero-order chi connectivity index (χ0) is 19.2. The molecule has 0 bridgehead atoms. The van der Waals surface area contributed by atoms with Crippen LogP contribution >= 0.6 is 0 Å². The molecule has 5 nitrogen and oxygen atoms in total. The van der Waals surface area contributed by atoms with E-state index in [0.717, 1.165) is 6.92 Å². The SMILES string of the molecule is CC(F)(F)c1cccc(-c2cnc3cnn(CC(=O)N4CC(F)C4)c3c2)c1. The van der Waals surface area contributed by atoms with Crippen molar-refractivity contribution in [3.63, 3.8) is 0 Å². The van der Waals surface area contributed by atoms with Gasteiger partial charge in [-0.25, -0.2) is 13.2 Å². The van der Waals surface area contributed by atoms with Crippen LogP contribution in [0.2, 0.25) is 0 Å². The lowest BCUT2D eigenvalue weighted by Gasteiger charge is -2.34. The predicted octanol–water partition coefficient (Wildman–Crippen LogP) is 3.39. The maximum absolute atomic E-state index is 13.6. The molecule has 0 N–H and O–H groups in total. The van der Waals surface area contributed by atoms with Crippen molar-refractivity contribution in [2.24, 2.45) is 0 Å². The summed E-state index contributed by atoms with van der Waals surface area (Å²) in [6.07, 6.45) is 2.17. The van der Waals surface area contributed by atoms with Crippen molar-refractivity contribution in [1.29, 1.82) is 0 Å². The number of carbonyl (C=O) groups excluding carboxylic acids is 1. The lowest BCUT2D eigenvalue weighted by atomic mass is 10.0. The molecule has 8 heteroatoms. The van der Waals surface area contributed by atoms with Crippen LogP contribution in [0.15, 0.2) is 42.7 Å². The number of likely N-dealkylation sites (tertiary alicyclic amines) is 1. The minimum atomic E-state index is -2.94. The Morgan fingerprint density at radius 3 is 2.70 bits per heavy atom. The maximum atomic E-state index is 13.6. The molecule has 4 rings (SSSR count). The fourth-order valence-electron chi connectivity index (χ4n) is 3.07. The summed E-state index contributed by atoms with van der Waals surface area (Å²) < 4.78 is 41.6. The molecule has 0 aliphatic carbocycles. The molecule has 0 atom stereocenters. The number of carbonyl (C=O) groups is 1. The first kappa shape index (κ1) is 17.5. The monoisotopic (exact) mass is 374 g/mol. The maximum Gasteiger partial charge on any atom is 0.270 e. The minimum absolute atomic E-state index is 0.0194. The molecule has 3 aromatic rings. The molecule has 1 amide bonds. The van der Waals surface area contributed by atoms with Crippen LogP contribution in [0.4, 0.5) is 13.2 Å². The van der Waals surface area contributed by atoms with Gasteiger partial charge in [0.2, 0.25) is 5.91 Å². The molecular formula is C19H17F3N4O. The Balaban J connectivity index is 1.65. The second-order valence-electron chi connectivity index (χ2n) is 6.80. The van der Waals surface area contributed by atoms with Crippen LogP contribution < -0.4 is 0 Å². The zero-order valence-electron chi connectivity index (χ0n) is 14.6. The molecule has 0 radical (unpaired) electrons. The summed E-state index contributed by atoms with van der Waals surface area (Å²) in [6, 6.07) is 7.87. The smallest absolute Gasteiger partial charge is 0.270 e. The van der Waals surface area contributed by atoms with Crippen LogP contribution in [0.25, 0.3) is 22.2 Å². The molecule has 1 aliphatic rings. The van der Waals surface area contributed by atoms with Gasteiger partial charge in [-0.2, -0.15) is 5.10 Å². The predicted molar refractivity (Wildman–Crippen MR) is 94.0 cm³/mol. The lowest BCUT2D eigenvalue weighted by Crippen LogP contribution is -2.52. The first-order chi connectivity index (χ1) is 12.8. The van der Waals surface area contributed by atoms with Gasteiger partial charge in [0, 0.05) is 24.2 Å². The highest BCUT2D eigenvalue weighted by Crippen LogP contribution is 2.31. The fourth-order valence-corrected chi connectivity index (χ4v) is 3.07. The van der Waals surface area contributed by atoms with Crippen molar-refractivity contribution >= 4 is 16.9 Å². The van der Waals surface area contributed by atoms with Crippen molar-refractivity contribution in [3.8, 4) is 11.1 Å². The van der Waals surface area contributed by atoms with E-state index in [1.807, 2.05) is 0 Å². The van der Waals surface area contributed by atoms with Gasteiger partial charge in [-0.1, -0.05) is 18.2 Å². The Morgan fingerprint density at radius 2 is 2.00 bits per heavy atom. The quantitative estimate of drug-likeness (QED) is 0.703. The third-order valence-corrected chi connectivity index (χ3v) is 4.67. The van der Waals surface area contributed by atoms with E-state index in [0.29, 0.717) is 22.2 Å². The molecule has 0 saturated carbocycles. The molecule has 1 fully saturated rings. The largest absolute Gasteiger partial charge is 0.335 e. The number of halogens is 3. The zero-order valence-corrected chi connectivity index (χ0v) is 14.6. The van der Waals surface area contributed by atoms with Gasteiger partial charge in [0.1, 0.15) is 18.2 Å². The van der Waals surface area contributed by atoms with Crippen LogP contribution in [0.5, 0.6) is 0 Å². The van der Waals surface area contributed by atoms with Crippen molar-refractivity contribution in [1.82, 2.24) is 19.7 Å². The molecule has 0 unspecified atom stereocenters. The average Bonchev–Trinajstić information content (AvgIpc) is 3.00. The Morgan fingerprint density at radius 1 is 1.22 bits per heavy atom. The highest BCUT2D eigenvalue weighted by atomic mass is 19.3. The second-order valence-corrected chi connectivity index (χ2v) is 6.80. The van der Waals surface area contributed by atoms with E-state index in [1.54, 1.807) is 24.4 Å². The van der Waals surface area contributed by atoms with Gasteiger partial charge in [0.15, 0.2) is 0 Å². The number of hydrogen-bond donors (Lipinski definition) is 0. The van der Waals surface area contributed by atoms with Gasteiger partial charge in [-0.05, 0) is 17.7 Å². The fraction of sp³-hybridized carbons (Fsp3) is 0.316. The van der Waals surface area contributed by atoms with Crippen molar-refractivity contribution in [3.05, 3.63) is 48.3 Å². The summed E-state index contributed by atoms with van der Waals surface area (Å²) in [6.45, 7) is 1.06. The van der Waals surface area contributed by atoms with Gasteiger partial charge in [-0.3, -0.25) is 14.5 Å². The van der Waals surface area contributed by atoms with Crippen molar-refractivity contribution in [2.75, 3.05) is 13.1 Å². The summed E-state index contributed by atoms with van der Waals surface area (Å²) in [5.74, 6) is -3.15. The van der Waals surface area contributed by atoms with Crippen molar-refractivity contribution in [2.45, 2.75) is 25.6 Å². The van der Waals surface area contributed by atoms with E-state index in [4.69, 9.17) is 0 Å². The van der Waals surface area contributed by atoms with Gasteiger partial charge in [0.25, 0.3) is 5.92 Å². The number of alkyl halides is 3. The lowest BCUT2D eigenvalue weighted by molar-refractivity contribution is -0.139. The Labute approximate surface area is 153 Å². The van der Waals surface area contributed by atoms with E-state index in [2.05, 4.69) is 10.1 Å². The van der Waals surface area contributed by atoms with E-state index in [-0.39, 0.29) is 31.1 Å². The van der Waals surface area contributed by atoms with Gasteiger partial charge >= 0.3 is 0 Å². The molecule has 140 valence electrons. The van der Waals surface area contributed by atoms with E-state index < -0.39 is 12.1 Å². The third-order valence-electron chi connectivity index (χ3n) is 4.67. The first-order valence-corrected chi connectivity index (χ1v) is 8.53. The van der Waals surface area contributed by atoms with E-state index in [9.17, 15) is 18.0 Å². The van der Waals surface area contributed by atoms with Gasteiger partial charge in [0.05, 0.1) is 24.8 Å². The molecule has 27 heavy (non-hydrogen) atoms. The number of nitrogens with zero attached hydrogens (tertiary/aromatic N) is 4. The number of pyridine rings is 1. The highest BCUT2D eigenvalue weighted by Gasteiger charge is 2.30. The summed E-state index contributed by atoms with van der Waals surface area (Å²) in [7, 11) is 0. The van der Waals surface area contributed by atoms with Crippen molar-refractivity contribution < 1.29 is 18.0 Å². The number of fused-ring (bicyclic) bond motifs is 1. The molecule has 3 heterocycles. The van der Waals surface area contributed by atoms with Gasteiger partial charge < -0.3 is 4.90 Å². The van der Waals surface area contributed by atoms with Crippen LogP contribution in [0.1, 0.15) is 12.5 Å². The summed E-state index contributed by atoms with van der Waals surface area (Å²) in [5, 5.41) is 4.18. The number of aromatic nitrogens is 3. The van der Waals surface area contributed by atoms with Crippen LogP contribution in [0, 0.1) is 0 Å². The summed E-state index contributed by atoms with van der Waals surface area (Å²) in [5.41, 5.74) is 2.38. The topological polar surface area (TPSA) is 51.0 Å². The molecular weight excluding hydrogens is 357 g/mol. The molecule has 2 aromatic heterocycles. The Hall–Kier alpha value is -2.90. The van der Waals surface area contributed by atoms with Crippen LogP contribution in [-0.4, -0.2) is 44.8 Å². The van der Waals surface area contributed by atoms with E-state index >= 15 is 0 Å². The highest BCUT2D eigenvalue weighted by molar-refractivity contribution is 5.83. The summed E-state index contributed by atoms with van der Waals surface area (Å²) in [4.78, 5) is 17.9. The molecule has 1 aliphatic heterocycles. The van der Waals surface area contributed by atoms with Crippen LogP contribution in [-0.2, 0) is 17.3 Å². The average molecular weight is 374 g/mol. The third kappa shape index (κ3) is 3.39. The first-order valence-electron chi connectivity index (χ1n) is 8.53. The standard InChI is InChI=1S/C19H17F3N4O/c1-19(21,22)14-4-2-3-12(5-14)13-6-17-16(23-7-13)8-24-26(17)11-18(27)25-9-15(20)10-25/h2-8,15H,9-11H2,1H3.